The summed E-state index contributed by atoms with van der Waals surface area (Å²) in [5.74, 6) is 1.02. The molecule has 0 fully saturated rings. The fourth-order valence-corrected chi connectivity index (χ4v) is 4.32. The summed E-state index contributed by atoms with van der Waals surface area (Å²) in [6.07, 6.45) is 2.19. The number of para-hydroxylation sites is 2. The minimum atomic E-state index is 0.935. The fourth-order valence-electron chi connectivity index (χ4n) is 4.32. The molecule has 5 rings (SSSR count). The lowest BCUT2D eigenvalue weighted by molar-refractivity contribution is 0.293. The van der Waals surface area contributed by atoms with Gasteiger partial charge in [-0.1, -0.05) is 68.4 Å². The van der Waals surface area contributed by atoms with E-state index < -0.39 is 0 Å². The molecular formula is C25H26N4. The molecule has 3 aromatic carbocycles. The largest absolute Gasteiger partial charge is 0.308 e. The van der Waals surface area contributed by atoms with Gasteiger partial charge in [-0.05, 0) is 36.0 Å². The summed E-state index contributed by atoms with van der Waals surface area (Å²) in [6.45, 7) is 8.55. The zero-order chi connectivity index (χ0) is 19.8. The maximum Gasteiger partial charge on any atom is 0.215 e. The second-order valence-corrected chi connectivity index (χ2v) is 7.49. The van der Waals surface area contributed by atoms with E-state index in [-0.39, 0.29) is 0 Å². The molecule has 0 bridgehead atoms. The molecule has 2 heterocycles. The Labute approximate surface area is 171 Å². The van der Waals surface area contributed by atoms with Gasteiger partial charge in [-0.2, -0.15) is 0 Å². The number of fused-ring (bicyclic) bond motifs is 4. The van der Waals surface area contributed by atoms with Crippen LogP contribution in [0.15, 0.2) is 72.9 Å². The topological polar surface area (TPSA) is 25.5 Å². The summed E-state index contributed by atoms with van der Waals surface area (Å²) in [7, 11) is 0. The van der Waals surface area contributed by atoms with Crippen LogP contribution in [0.2, 0.25) is 0 Å². The molecule has 0 saturated carbocycles. The van der Waals surface area contributed by atoms with E-state index in [0.717, 1.165) is 37.7 Å². The van der Waals surface area contributed by atoms with Crippen LogP contribution in [-0.4, -0.2) is 38.5 Å². The van der Waals surface area contributed by atoms with E-state index in [4.69, 9.17) is 4.98 Å². The number of aromatic nitrogens is 3. The quantitative estimate of drug-likeness (QED) is 0.390. The van der Waals surface area contributed by atoms with Crippen molar-refractivity contribution in [3.8, 4) is 11.3 Å². The summed E-state index contributed by atoms with van der Waals surface area (Å²) >= 11 is 0. The normalized spacial score (nSPS) is 12.0. The molecule has 0 aliphatic heterocycles. The van der Waals surface area contributed by atoms with Gasteiger partial charge in [0.15, 0.2) is 0 Å². The predicted octanol–water partition coefficient (Wildman–Crippen LogP) is 5.45. The summed E-state index contributed by atoms with van der Waals surface area (Å²) in [4.78, 5) is 7.57. The third kappa shape index (κ3) is 3.00. The van der Waals surface area contributed by atoms with E-state index in [1.54, 1.807) is 0 Å². The number of hydrogen-bond donors (Lipinski definition) is 0. The summed E-state index contributed by atoms with van der Waals surface area (Å²) in [6, 6.07) is 23.6. The average molecular weight is 383 g/mol. The molecule has 4 heteroatoms. The second kappa shape index (κ2) is 7.37. The van der Waals surface area contributed by atoms with Gasteiger partial charge in [0.25, 0.3) is 0 Å². The molecule has 146 valence electrons. The Morgan fingerprint density at radius 2 is 1.55 bits per heavy atom. The molecule has 0 aliphatic rings. The molecule has 0 unspecified atom stereocenters. The van der Waals surface area contributed by atoms with E-state index in [1.165, 1.54) is 27.4 Å². The highest BCUT2D eigenvalue weighted by Crippen LogP contribution is 2.30. The first kappa shape index (κ1) is 18.0. The van der Waals surface area contributed by atoms with Gasteiger partial charge in [0.1, 0.15) is 0 Å². The molecule has 5 aromatic rings. The van der Waals surface area contributed by atoms with Crippen molar-refractivity contribution in [2.45, 2.75) is 20.4 Å². The van der Waals surface area contributed by atoms with E-state index in [0.29, 0.717) is 0 Å². The van der Waals surface area contributed by atoms with Crippen LogP contribution in [0.5, 0.6) is 0 Å². The van der Waals surface area contributed by atoms with E-state index >= 15 is 0 Å². The Balaban J connectivity index is 1.67. The van der Waals surface area contributed by atoms with Crippen molar-refractivity contribution >= 4 is 27.6 Å². The zero-order valence-corrected chi connectivity index (χ0v) is 17.0. The second-order valence-electron chi connectivity index (χ2n) is 7.49. The molecule has 0 amide bonds. The van der Waals surface area contributed by atoms with Crippen LogP contribution in [0.25, 0.3) is 38.8 Å². The van der Waals surface area contributed by atoms with Gasteiger partial charge in [-0.3, -0.25) is 4.40 Å². The molecule has 4 nitrogen and oxygen atoms in total. The van der Waals surface area contributed by atoms with Gasteiger partial charge in [0.2, 0.25) is 5.78 Å². The summed E-state index contributed by atoms with van der Waals surface area (Å²) in [5.41, 5.74) is 4.66. The Morgan fingerprint density at radius 3 is 2.38 bits per heavy atom. The van der Waals surface area contributed by atoms with E-state index in [1.807, 2.05) is 0 Å². The number of imidazole rings is 2. The van der Waals surface area contributed by atoms with Crippen molar-refractivity contribution < 1.29 is 0 Å². The summed E-state index contributed by atoms with van der Waals surface area (Å²) < 4.78 is 4.61. The van der Waals surface area contributed by atoms with Crippen molar-refractivity contribution in [2.24, 2.45) is 0 Å². The molecule has 29 heavy (non-hydrogen) atoms. The smallest absolute Gasteiger partial charge is 0.215 e. The van der Waals surface area contributed by atoms with Gasteiger partial charge in [0, 0.05) is 24.8 Å². The highest BCUT2D eigenvalue weighted by Gasteiger charge is 2.16. The number of hydrogen-bond acceptors (Lipinski definition) is 2. The molecular weight excluding hydrogens is 356 g/mol. The molecule has 0 spiro atoms. The lowest BCUT2D eigenvalue weighted by atomic mass is 10.0. The predicted molar refractivity (Wildman–Crippen MR) is 121 cm³/mol. The van der Waals surface area contributed by atoms with Gasteiger partial charge >= 0.3 is 0 Å². The number of rotatable bonds is 6. The van der Waals surface area contributed by atoms with Crippen molar-refractivity contribution in [2.75, 3.05) is 19.6 Å². The first-order valence-corrected chi connectivity index (χ1v) is 10.5. The maximum atomic E-state index is 5.11. The van der Waals surface area contributed by atoms with Crippen molar-refractivity contribution in [3.63, 3.8) is 0 Å². The third-order valence-corrected chi connectivity index (χ3v) is 5.96. The minimum Gasteiger partial charge on any atom is -0.308 e. The van der Waals surface area contributed by atoms with Gasteiger partial charge < -0.3 is 9.47 Å². The van der Waals surface area contributed by atoms with Crippen molar-refractivity contribution in [1.82, 2.24) is 18.9 Å². The van der Waals surface area contributed by atoms with Crippen molar-refractivity contribution in [1.29, 1.82) is 0 Å². The van der Waals surface area contributed by atoms with Crippen LogP contribution in [0.4, 0.5) is 0 Å². The van der Waals surface area contributed by atoms with Crippen LogP contribution < -0.4 is 0 Å². The Bertz CT molecular complexity index is 1290. The monoisotopic (exact) mass is 382 g/mol. The highest BCUT2D eigenvalue weighted by atomic mass is 15.2. The van der Waals surface area contributed by atoms with E-state index in [9.17, 15) is 0 Å². The molecule has 0 aliphatic carbocycles. The highest BCUT2D eigenvalue weighted by molar-refractivity contribution is 5.96. The Hall–Kier alpha value is -3.11. The third-order valence-electron chi connectivity index (χ3n) is 5.96. The summed E-state index contributed by atoms with van der Waals surface area (Å²) in [5, 5.41) is 2.49. The van der Waals surface area contributed by atoms with Crippen LogP contribution in [0, 0.1) is 0 Å². The van der Waals surface area contributed by atoms with Crippen molar-refractivity contribution in [3.05, 3.63) is 72.9 Å². The van der Waals surface area contributed by atoms with Gasteiger partial charge in [-0.15, -0.1) is 0 Å². The molecule has 0 radical (unpaired) electrons. The molecule has 0 N–H and O–H groups in total. The standard InChI is InChI=1S/C25H26N4/c1-3-27(4-2)16-17-28-23-14-7-8-15-24(23)29-18-22(26-25(28)29)21-13-9-11-19-10-5-6-12-20(19)21/h5-15,18H,3-4,16-17H2,1-2H3. The average Bonchev–Trinajstić information content (AvgIpc) is 3.32. The minimum absolute atomic E-state index is 0.935. The van der Waals surface area contributed by atoms with Crippen LogP contribution in [0.3, 0.4) is 0 Å². The van der Waals surface area contributed by atoms with Gasteiger partial charge in [0.05, 0.1) is 16.7 Å². The number of benzene rings is 3. The van der Waals surface area contributed by atoms with Crippen LogP contribution in [0.1, 0.15) is 13.8 Å². The fraction of sp³-hybridized carbons (Fsp3) is 0.240. The molecule has 0 saturated heterocycles. The first-order chi connectivity index (χ1) is 14.3. The van der Waals surface area contributed by atoms with Gasteiger partial charge in [-0.25, -0.2) is 4.98 Å². The first-order valence-electron chi connectivity index (χ1n) is 10.5. The lowest BCUT2D eigenvalue weighted by Gasteiger charge is -2.18. The lowest BCUT2D eigenvalue weighted by Crippen LogP contribution is -2.27. The maximum absolute atomic E-state index is 5.11. The SMILES string of the molecule is CCN(CC)CCn1c2ccccc2n2cc(-c3cccc4ccccc34)nc12. The molecule has 0 atom stereocenters. The van der Waals surface area contributed by atoms with Crippen LogP contribution >= 0.6 is 0 Å². The zero-order valence-electron chi connectivity index (χ0n) is 17.0. The number of nitrogens with zero attached hydrogens (tertiary/aromatic N) is 4. The van der Waals surface area contributed by atoms with Crippen LogP contribution in [-0.2, 0) is 6.54 Å². The Morgan fingerprint density at radius 1 is 0.828 bits per heavy atom. The molecule has 2 aromatic heterocycles. The van der Waals surface area contributed by atoms with E-state index in [2.05, 4.69) is 101 Å². The Kier molecular flexibility index (Phi) is 4.57. The number of likely N-dealkylation sites (N-methyl/N-ethyl adjacent to an activating group) is 1.